The molecule has 0 fully saturated rings. The number of hydrogen-bond acceptors (Lipinski definition) is 4. The van der Waals surface area contributed by atoms with E-state index >= 15 is 0 Å². The number of methoxy groups -OCH3 is 2. The fraction of sp³-hybridized carbons (Fsp3) is 0.571. The number of nitrogens with two attached hydrogens (primary N) is 1. The molecule has 18 heavy (non-hydrogen) atoms. The van der Waals surface area contributed by atoms with E-state index in [0.717, 1.165) is 11.3 Å². The molecule has 0 amide bonds. The van der Waals surface area contributed by atoms with E-state index in [9.17, 15) is 0 Å². The first kappa shape index (κ1) is 14.8. The van der Waals surface area contributed by atoms with Crippen molar-refractivity contribution in [3.05, 3.63) is 23.8 Å². The number of hydrogen-bond donors (Lipinski definition) is 1. The highest BCUT2D eigenvalue weighted by Crippen LogP contribution is 2.33. The fourth-order valence-electron chi connectivity index (χ4n) is 1.81. The SMILES string of the molecule is COCCOCC(C)(C)c1ccc(N)cc1OC. The summed E-state index contributed by atoms with van der Waals surface area (Å²) in [6.45, 7) is 6.05. The van der Waals surface area contributed by atoms with E-state index in [1.165, 1.54) is 0 Å². The molecule has 0 bridgehead atoms. The summed E-state index contributed by atoms with van der Waals surface area (Å²) in [6.07, 6.45) is 0. The molecule has 0 heterocycles. The van der Waals surface area contributed by atoms with Gasteiger partial charge in [-0.25, -0.2) is 0 Å². The maximum Gasteiger partial charge on any atom is 0.124 e. The van der Waals surface area contributed by atoms with E-state index in [-0.39, 0.29) is 5.41 Å². The Hall–Kier alpha value is -1.26. The van der Waals surface area contributed by atoms with Gasteiger partial charge in [-0.2, -0.15) is 0 Å². The second-order valence-electron chi connectivity index (χ2n) is 4.89. The lowest BCUT2D eigenvalue weighted by Crippen LogP contribution is -2.26. The Morgan fingerprint density at radius 2 is 1.89 bits per heavy atom. The van der Waals surface area contributed by atoms with E-state index in [0.29, 0.717) is 25.5 Å². The molecule has 4 nitrogen and oxygen atoms in total. The van der Waals surface area contributed by atoms with Crippen LogP contribution in [0.2, 0.25) is 0 Å². The van der Waals surface area contributed by atoms with Crippen molar-refractivity contribution in [1.82, 2.24) is 0 Å². The van der Waals surface area contributed by atoms with Gasteiger partial charge < -0.3 is 19.9 Å². The number of rotatable bonds is 7. The Morgan fingerprint density at radius 3 is 2.50 bits per heavy atom. The summed E-state index contributed by atoms with van der Waals surface area (Å²) in [4.78, 5) is 0. The summed E-state index contributed by atoms with van der Waals surface area (Å²) in [7, 11) is 3.32. The monoisotopic (exact) mass is 253 g/mol. The summed E-state index contributed by atoms with van der Waals surface area (Å²) in [6, 6.07) is 5.72. The van der Waals surface area contributed by atoms with Crippen LogP contribution >= 0.6 is 0 Å². The molecule has 1 rings (SSSR count). The van der Waals surface area contributed by atoms with E-state index in [1.54, 1.807) is 14.2 Å². The Morgan fingerprint density at radius 1 is 1.17 bits per heavy atom. The molecule has 0 unspecified atom stereocenters. The first-order valence-electron chi connectivity index (χ1n) is 6.02. The van der Waals surface area contributed by atoms with Crippen molar-refractivity contribution < 1.29 is 14.2 Å². The van der Waals surface area contributed by atoms with Gasteiger partial charge in [0.2, 0.25) is 0 Å². The van der Waals surface area contributed by atoms with E-state index in [1.807, 2.05) is 18.2 Å². The van der Waals surface area contributed by atoms with Crippen LogP contribution in [-0.2, 0) is 14.9 Å². The highest BCUT2D eigenvalue weighted by Gasteiger charge is 2.24. The van der Waals surface area contributed by atoms with Crippen LogP contribution in [0.25, 0.3) is 0 Å². The molecular weight excluding hydrogens is 230 g/mol. The number of anilines is 1. The zero-order valence-electron chi connectivity index (χ0n) is 11.7. The standard InChI is InChI=1S/C14H23NO3/c1-14(2,10-18-8-7-16-3)12-6-5-11(15)9-13(12)17-4/h5-6,9H,7-8,10,15H2,1-4H3. The van der Waals surface area contributed by atoms with Crippen LogP contribution in [0.15, 0.2) is 18.2 Å². The maximum absolute atomic E-state index is 5.76. The topological polar surface area (TPSA) is 53.7 Å². The normalized spacial score (nSPS) is 11.6. The predicted octanol–water partition coefficient (Wildman–Crippen LogP) is 2.22. The number of benzene rings is 1. The van der Waals surface area contributed by atoms with Crippen molar-refractivity contribution in [2.75, 3.05) is 39.8 Å². The number of nitrogen functional groups attached to an aromatic ring is 1. The molecule has 2 N–H and O–H groups in total. The Balaban J connectivity index is 2.77. The molecular formula is C14H23NO3. The van der Waals surface area contributed by atoms with Gasteiger partial charge in [0.1, 0.15) is 5.75 Å². The Bertz CT molecular complexity index is 377. The Kier molecular flexibility index (Phi) is 5.44. The molecule has 102 valence electrons. The average molecular weight is 253 g/mol. The average Bonchev–Trinajstić information content (AvgIpc) is 2.34. The number of ether oxygens (including phenoxy) is 3. The Labute approximate surface area is 109 Å². The minimum atomic E-state index is -0.132. The summed E-state index contributed by atoms with van der Waals surface area (Å²) in [5.74, 6) is 0.801. The quantitative estimate of drug-likeness (QED) is 0.598. The molecule has 0 saturated carbocycles. The summed E-state index contributed by atoms with van der Waals surface area (Å²) < 4.78 is 15.9. The van der Waals surface area contributed by atoms with Gasteiger partial charge in [-0.15, -0.1) is 0 Å². The van der Waals surface area contributed by atoms with E-state index < -0.39 is 0 Å². The van der Waals surface area contributed by atoms with Crippen molar-refractivity contribution in [2.45, 2.75) is 19.3 Å². The molecule has 1 aromatic rings. The molecule has 0 aromatic heterocycles. The van der Waals surface area contributed by atoms with Crippen molar-refractivity contribution in [3.8, 4) is 5.75 Å². The highest BCUT2D eigenvalue weighted by molar-refractivity contribution is 5.50. The van der Waals surface area contributed by atoms with Crippen LogP contribution in [0.5, 0.6) is 5.75 Å². The third kappa shape index (κ3) is 3.89. The maximum atomic E-state index is 5.76. The van der Waals surface area contributed by atoms with Crippen molar-refractivity contribution in [1.29, 1.82) is 0 Å². The van der Waals surface area contributed by atoms with Crippen molar-refractivity contribution in [2.24, 2.45) is 0 Å². The van der Waals surface area contributed by atoms with Crippen LogP contribution in [0.3, 0.4) is 0 Å². The molecule has 0 aliphatic carbocycles. The van der Waals surface area contributed by atoms with Gasteiger partial charge in [0.25, 0.3) is 0 Å². The largest absolute Gasteiger partial charge is 0.496 e. The minimum absolute atomic E-state index is 0.132. The lowest BCUT2D eigenvalue weighted by atomic mass is 9.84. The molecule has 4 heteroatoms. The van der Waals surface area contributed by atoms with Crippen LogP contribution in [0.4, 0.5) is 5.69 Å². The van der Waals surface area contributed by atoms with Gasteiger partial charge in [-0.3, -0.25) is 0 Å². The molecule has 0 saturated heterocycles. The van der Waals surface area contributed by atoms with Gasteiger partial charge in [-0.1, -0.05) is 19.9 Å². The summed E-state index contributed by atoms with van der Waals surface area (Å²) in [5, 5.41) is 0. The second kappa shape index (κ2) is 6.61. The third-order valence-electron chi connectivity index (χ3n) is 2.85. The van der Waals surface area contributed by atoms with Gasteiger partial charge in [-0.05, 0) is 6.07 Å². The second-order valence-corrected chi connectivity index (χ2v) is 4.89. The first-order chi connectivity index (χ1) is 8.51. The molecule has 0 radical (unpaired) electrons. The lowest BCUT2D eigenvalue weighted by molar-refractivity contribution is 0.0480. The van der Waals surface area contributed by atoms with Gasteiger partial charge in [0, 0.05) is 29.8 Å². The first-order valence-corrected chi connectivity index (χ1v) is 6.02. The third-order valence-corrected chi connectivity index (χ3v) is 2.85. The highest BCUT2D eigenvalue weighted by atomic mass is 16.5. The van der Waals surface area contributed by atoms with Crippen molar-refractivity contribution in [3.63, 3.8) is 0 Å². The molecule has 0 aliphatic rings. The fourth-order valence-corrected chi connectivity index (χ4v) is 1.81. The zero-order chi connectivity index (χ0) is 13.6. The smallest absolute Gasteiger partial charge is 0.124 e. The minimum Gasteiger partial charge on any atom is -0.496 e. The van der Waals surface area contributed by atoms with Crippen LogP contribution in [-0.4, -0.2) is 34.0 Å². The van der Waals surface area contributed by atoms with E-state index in [2.05, 4.69) is 13.8 Å². The van der Waals surface area contributed by atoms with Crippen LogP contribution < -0.4 is 10.5 Å². The zero-order valence-corrected chi connectivity index (χ0v) is 11.7. The molecule has 0 spiro atoms. The van der Waals surface area contributed by atoms with Crippen LogP contribution in [0, 0.1) is 0 Å². The van der Waals surface area contributed by atoms with Crippen LogP contribution in [0.1, 0.15) is 19.4 Å². The van der Waals surface area contributed by atoms with Gasteiger partial charge >= 0.3 is 0 Å². The van der Waals surface area contributed by atoms with Gasteiger partial charge in [0.05, 0.1) is 26.9 Å². The molecule has 0 aliphatic heterocycles. The molecule has 0 atom stereocenters. The summed E-state index contributed by atoms with van der Waals surface area (Å²) in [5.41, 5.74) is 7.42. The van der Waals surface area contributed by atoms with Gasteiger partial charge in [0.15, 0.2) is 0 Å². The summed E-state index contributed by atoms with van der Waals surface area (Å²) >= 11 is 0. The van der Waals surface area contributed by atoms with E-state index in [4.69, 9.17) is 19.9 Å². The van der Waals surface area contributed by atoms with Crippen molar-refractivity contribution >= 4 is 5.69 Å². The lowest BCUT2D eigenvalue weighted by Gasteiger charge is -2.27. The predicted molar refractivity (Wildman–Crippen MR) is 73.1 cm³/mol. The molecule has 1 aromatic carbocycles.